The predicted octanol–water partition coefficient (Wildman–Crippen LogP) is 4.90. The third kappa shape index (κ3) is 5.94. The average molecular weight is 496 g/mol. The Kier molecular flexibility index (Phi) is 7.71. The second-order valence-electron chi connectivity index (χ2n) is 10.7. The maximum atomic E-state index is 13.5. The van der Waals surface area contributed by atoms with Crippen LogP contribution in [0.15, 0.2) is 72.8 Å². The van der Waals surface area contributed by atoms with Gasteiger partial charge in [-0.2, -0.15) is 0 Å². The molecule has 0 bridgehead atoms. The summed E-state index contributed by atoms with van der Waals surface area (Å²) in [5, 5.41) is 3.23. The summed E-state index contributed by atoms with van der Waals surface area (Å²) >= 11 is 0. The highest BCUT2D eigenvalue weighted by atomic mass is 16.2. The number of nitrogens with one attached hydrogen (secondary N) is 1. The number of likely N-dealkylation sites (tertiary alicyclic amines) is 1. The Labute approximate surface area is 220 Å². The van der Waals surface area contributed by atoms with Crippen LogP contribution in [0.4, 0.5) is 0 Å². The topological polar surface area (TPSA) is 52.7 Å². The molecule has 5 heteroatoms. The van der Waals surface area contributed by atoms with Crippen LogP contribution in [-0.4, -0.2) is 47.3 Å². The number of carbonyl (C=O) groups excluding carboxylic acids is 2. The SMILES string of the molecule is Cc1ccc(C)c(CN2CCC(CNC(=O)C(Cc3ccccc3)N3Cc4ccccc4C3=O)CC2)c1. The van der Waals surface area contributed by atoms with Gasteiger partial charge in [-0.1, -0.05) is 72.3 Å². The zero-order chi connectivity index (χ0) is 25.8. The molecule has 2 aliphatic rings. The summed E-state index contributed by atoms with van der Waals surface area (Å²) < 4.78 is 0. The van der Waals surface area contributed by atoms with Gasteiger partial charge in [-0.25, -0.2) is 0 Å². The van der Waals surface area contributed by atoms with Crippen molar-refractivity contribution in [3.63, 3.8) is 0 Å². The highest BCUT2D eigenvalue weighted by Crippen LogP contribution is 2.26. The number of aryl methyl sites for hydroxylation is 2. The monoisotopic (exact) mass is 495 g/mol. The van der Waals surface area contributed by atoms with E-state index in [0.717, 1.165) is 43.6 Å². The van der Waals surface area contributed by atoms with Gasteiger partial charge in [-0.3, -0.25) is 14.5 Å². The Hall–Kier alpha value is -3.44. The second kappa shape index (κ2) is 11.3. The quantitative estimate of drug-likeness (QED) is 0.484. The van der Waals surface area contributed by atoms with Gasteiger partial charge in [0, 0.05) is 31.6 Å². The van der Waals surface area contributed by atoms with Crippen molar-refractivity contribution in [3.05, 3.63) is 106 Å². The maximum Gasteiger partial charge on any atom is 0.255 e. The lowest BCUT2D eigenvalue weighted by atomic mass is 9.95. The van der Waals surface area contributed by atoms with Crippen LogP contribution in [0.5, 0.6) is 0 Å². The van der Waals surface area contributed by atoms with Crippen molar-refractivity contribution in [1.29, 1.82) is 0 Å². The molecule has 0 aliphatic carbocycles. The molecular formula is C32H37N3O2. The van der Waals surface area contributed by atoms with Crippen molar-refractivity contribution in [2.75, 3.05) is 19.6 Å². The fourth-order valence-electron chi connectivity index (χ4n) is 5.63. The van der Waals surface area contributed by atoms with E-state index in [9.17, 15) is 9.59 Å². The first kappa shape index (κ1) is 25.2. The first-order chi connectivity index (χ1) is 18.0. The molecule has 1 atom stereocenters. The summed E-state index contributed by atoms with van der Waals surface area (Å²) in [6, 6.07) is 23.8. The summed E-state index contributed by atoms with van der Waals surface area (Å²) in [6.07, 6.45) is 2.66. The molecule has 0 spiro atoms. The summed E-state index contributed by atoms with van der Waals surface area (Å²) in [5.74, 6) is 0.358. The van der Waals surface area contributed by atoms with E-state index in [1.165, 1.54) is 16.7 Å². The smallest absolute Gasteiger partial charge is 0.255 e. The lowest BCUT2D eigenvalue weighted by Gasteiger charge is -2.33. The normalized spacial score (nSPS) is 17.0. The van der Waals surface area contributed by atoms with Crippen LogP contribution in [0.2, 0.25) is 0 Å². The third-order valence-electron chi connectivity index (χ3n) is 7.97. The number of rotatable bonds is 8. The maximum absolute atomic E-state index is 13.5. The molecule has 1 fully saturated rings. The lowest BCUT2D eigenvalue weighted by molar-refractivity contribution is -0.126. The zero-order valence-electron chi connectivity index (χ0n) is 22.0. The number of hydrogen-bond acceptors (Lipinski definition) is 3. The van der Waals surface area contributed by atoms with E-state index in [0.29, 0.717) is 31.0 Å². The largest absolute Gasteiger partial charge is 0.354 e. The molecule has 1 unspecified atom stereocenters. The predicted molar refractivity (Wildman–Crippen MR) is 147 cm³/mol. The molecule has 5 rings (SSSR count). The van der Waals surface area contributed by atoms with Crippen LogP contribution in [0.1, 0.15) is 51.0 Å². The van der Waals surface area contributed by atoms with Crippen LogP contribution < -0.4 is 5.32 Å². The van der Waals surface area contributed by atoms with Crippen molar-refractivity contribution in [3.8, 4) is 0 Å². The van der Waals surface area contributed by atoms with Crippen molar-refractivity contribution in [2.45, 2.75) is 52.2 Å². The number of fused-ring (bicyclic) bond motifs is 1. The van der Waals surface area contributed by atoms with Crippen molar-refractivity contribution in [2.24, 2.45) is 5.92 Å². The molecule has 37 heavy (non-hydrogen) atoms. The van der Waals surface area contributed by atoms with Crippen LogP contribution in [-0.2, 0) is 24.3 Å². The molecule has 2 amide bonds. The standard InChI is InChI=1S/C32H37N3O2/c1-23-12-13-24(2)28(18-23)21-34-16-14-26(15-17-34)20-33-31(36)30(19-25-8-4-3-5-9-25)35-22-27-10-6-7-11-29(27)32(35)37/h3-13,18,26,30H,14-17,19-22H2,1-2H3,(H,33,36). The first-order valence-electron chi connectivity index (χ1n) is 13.5. The highest BCUT2D eigenvalue weighted by molar-refractivity contribution is 6.01. The molecule has 3 aromatic carbocycles. The zero-order valence-corrected chi connectivity index (χ0v) is 22.0. The van der Waals surface area contributed by atoms with E-state index in [4.69, 9.17) is 0 Å². The van der Waals surface area contributed by atoms with Gasteiger partial charge in [0.15, 0.2) is 0 Å². The molecule has 0 radical (unpaired) electrons. The number of nitrogens with zero attached hydrogens (tertiary/aromatic N) is 2. The Morgan fingerprint density at radius 1 is 0.973 bits per heavy atom. The fourth-order valence-corrected chi connectivity index (χ4v) is 5.63. The van der Waals surface area contributed by atoms with Gasteiger partial charge < -0.3 is 10.2 Å². The van der Waals surface area contributed by atoms with Gasteiger partial charge >= 0.3 is 0 Å². The van der Waals surface area contributed by atoms with Gasteiger partial charge in [0.25, 0.3) is 5.91 Å². The summed E-state index contributed by atoms with van der Waals surface area (Å²) in [7, 11) is 0. The van der Waals surface area contributed by atoms with Gasteiger partial charge in [0.2, 0.25) is 5.91 Å². The van der Waals surface area contributed by atoms with E-state index < -0.39 is 6.04 Å². The Morgan fingerprint density at radius 3 is 2.46 bits per heavy atom. The van der Waals surface area contributed by atoms with E-state index in [1.807, 2.05) is 54.6 Å². The molecule has 1 saturated heterocycles. The number of piperidine rings is 1. The number of carbonyl (C=O) groups is 2. The summed E-state index contributed by atoms with van der Waals surface area (Å²) in [5.41, 5.74) is 6.84. The average Bonchev–Trinajstić information content (AvgIpc) is 3.25. The molecule has 192 valence electrons. The molecule has 2 aliphatic heterocycles. The minimum absolute atomic E-state index is 0.0496. The van der Waals surface area contributed by atoms with Gasteiger partial charge in [-0.05, 0) is 74.0 Å². The molecule has 0 saturated carbocycles. The molecule has 5 nitrogen and oxygen atoms in total. The minimum Gasteiger partial charge on any atom is -0.354 e. The number of hydrogen-bond donors (Lipinski definition) is 1. The number of benzene rings is 3. The molecule has 0 aromatic heterocycles. The molecule has 2 heterocycles. The molecule has 3 aromatic rings. The van der Waals surface area contributed by atoms with Crippen LogP contribution in [0, 0.1) is 19.8 Å². The van der Waals surface area contributed by atoms with Gasteiger partial charge in [-0.15, -0.1) is 0 Å². The van der Waals surface area contributed by atoms with Crippen LogP contribution >= 0.6 is 0 Å². The summed E-state index contributed by atoms with van der Waals surface area (Å²) in [4.78, 5) is 31.0. The Morgan fingerprint density at radius 2 is 1.70 bits per heavy atom. The lowest BCUT2D eigenvalue weighted by Crippen LogP contribution is -2.49. The summed E-state index contributed by atoms with van der Waals surface area (Å²) in [6.45, 7) is 8.56. The fraction of sp³-hybridized carbons (Fsp3) is 0.375. The van der Waals surface area contributed by atoms with E-state index in [2.05, 4.69) is 42.3 Å². The number of amides is 2. The Bertz CT molecular complexity index is 1250. The highest BCUT2D eigenvalue weighted by Gasteiger charge is 2.36. The molecule has 1 N–H and O–H groups in total. The first-order valence-corrected chi connectivity index (χ1v) is 13.5. The molecular weight excluding hydrogens is 458 g/mol. The van der Waals surface area contributed by atoms with Gasteiger partial charge in [0.1, 0.15) is 6.04 Å². The van der Waals surface area contributed by atoms with Crippen molar-refractivity contribution in [1.82, 2.24) is 15.1 Å². The minimum atomic E-state index is -0.522. The van der Waals surface area contributed by atoms with Crippen LogP contribution in [0.25, 0.3) is 0 Å². The van der Waals surface area contributed by atoms with Gasteiger partial charge in [0.05, 0.1) is 0 Å². The van der Waals surface area contributed by atoms with Crippen LogP contribution in [0.3, 0.4) is 0 Å². The second-order valence-corrected chi connectivity index (χ2v) is 10.7. The third-order valence-corrected chi connectivity index (χ3v) is 7.97. The van der Waals surface area contributed by atoms with E-state index in [1.54, 1.807) is 4.90 Å². The Balaban J connectivity index is 1.19. The van der Waals surface area contributed by atoms with Crippen molar-refractivity contribution < 1.29 is 9.59 Å². The van der Waals surface area contributed by atoms with E-state index in [-0.39, 0.29) is 11.8 Å². The van der Waals surface area contributed by atoms with Crippen molar-refractivity contribution >= 4 is 11.8 Å². The van der Waals surface area contributed by atoms with E-state index >= 15 is 0 Å².